The Bertz CT molecular complexity index is 215. The summed E-state index contributed by atoms with van der Waals surface area (Å²) in [6.45, 7) is 8.63. The van der Waals surface area contributed by atoms with Gasteiger partial charge in [0.1, 0.15) is 6.04 Å². The lowest BCUT2D eigenvalue weighted by atomic mass is 9.78. The Hall–Kier alpha value is -0.550. The molecule has 3 atom stereocenters. The maximum absolute atomic E-state index is 9.31. The number of nitrogens with zero attached hydrogens (tertiary/aromatic N) is 2. The van der Waals surface area contributed by atoms with Gasteiger partial charge in [0.25, 0.3) is 0 Å². The maximum Gasteiger partial charge on any atom is 0.101 e. The molecule has 86 valence electrons. The van der Waals surface area contributed by atoms with Crippen LogP contribution in [0.3, 0.4) is 0 Å². The zero-order chi connectivity index (χ0) is 11.3. The van der Waals surface area contributed by atoms with Crippen molar-refractivity contribution in [1.82, 2.24) is 4.90 Å². The smallest absolute Gasteiger partial charge is 0.101 e. The van der Waals surface area contributed by atoms with Crippen LogP contribution >= 0.6 is 0 Å². The molecule has 1 aliphatic rings. The molecule has 3 unspecified atom stereocenters. The zero-order valence-electron chi connectivity index (χ0n) is 10.4. The molecule has 0 N–H and O–H groups in total. The van der Waals surface area contributed by atoms with Crippen molar-refractivity contribution in [2.24, 2.45) is 11.8 Å². The van der Waals surface area contributed by atoms with Crippen LogP contribution in [0, 0.1) is 23.2 Å². The first-order valence-electron chi connectivity index (χ1n) is 6.36. The van der Waals surface area contributed by atoms with Crippen LogP contribution in [-0.2, 0) is 0 Å². The Morgan fingerprint density at radius 3 is 2.47 bits per heavy atom. The first kappa shape index (κ1) is 12.5. The van der Waals surface area contributed by atoms with Crippen molar-refractivity contribution in [3.63, 3.8) is 0 Å². The van der Waals surface area contributed by atoms with Crippen LogP contribution in [0.25, 0.3) is 0 Å². The topological polar surface area (TPSA) is 27.0 Å². The molecule has 0 aromatic rings. The van der Waals surface area contributed by atoms with Crippen LogP contribution in [0.1, 0.15) is 46.5 Å². The van der Waals surface area contributed by atoms with E-state index in [1.807, 2.05) is 0 Å². The number of hydrogen-bond donors (Lipinski definition) is 0. The van der Waals surface area contributed by atoms with E-state index in [2.05, 4.69) is 31.7 Å². The van der Waals surface area contributed by atoms with E-state index in [1.54, 1.807) is 0 Å². The fourth-order valence-corrected chi connectivity index (χ4v) is 2.87. The number of hydrogen-bond acceptors (Lipinski definition) is 2. The highest BCUT2D eigenvalue weighted by Crippen LogP contribution is 2.32. The van der Waals surface area contributed by atoms with Crippen LogP contribution in [0.15, 0.2) is 0 Å². The van der Waals surface area contributed by atoms with Gasteiger partial charge in [0, 0.05) is 0 Å². The quantitative estimate of drug-likeness (QED) is 0.710. The molecular formula is C13H24N2. The summed E-state index contributed by atoms with van der Waals surface area (Å²) in [4.78, 5) is 2.31. The predicted molar refractivity (Wildman–Crippen MR) is 63.4 cm³/mol. The normalized spacial score (nSPS) is 28.7. The van der Waals surface area contributed by atoms with E-state index < -0.39 is 0 Å². The van der Waals surface area contributed by atoms with Gasteiger partial charge in [-0.25, -0.2) is 0 Å². The zero-order valence-corrected chi connectivity index (χ0v) is 10.4. The summed E-state index contributed by atoms with van der Waals surface area (Å²) in [5, 5.41) is 9.31. The highest BCUT2D eigenvalue weighted by molar-refractivity contribution is 4.97. The molecule has 1 rings (SSSR count). The summed E-state index contributed by atoms with van der Waals surface area (Å²) in [6.07, 6.45) is 5.16. The average molecular weight is 208 g/mol. The maximum atomic E-state index is 9.31. The van der Waals surface area contributed by atoms with Gasteiger partial charge in [0.15, 0.2) is 0 Å². The standard InChI is InChI=1S/C13H24N2/c1-4-15(5-2)13(10-14)12-8-6-7-11(3)9-12/h11-13H,4-9H2,1-3H3. The first-order chi connectivity index (χ1) is 7.22. The minimum Gasteiger partial charge on any atom is -0.288 e. The van der Waals surface area contributed by atoms with Crippen molar-refractivity contribution in [3.8, 4) is 6.07 Å². The second-order valence-electron chi connectivity index (χ2n) is 4.83. The molecule has 0 bridgehead atoms. The highest BCUT2D eigenvalue weighted by atomic mass is 15.1. The van der Waals surface area contributed by atoms with Crippen LogP contribution < -0.4 is 0 Å². The molecule has 2 nitrogen and oxygen atoms in total. The van der Waals surface area contributed by atoms with E-state index in [9.17, 15) is 5.26 Å². The van der Waals surface area contributed by atoms with E-state index in [0.717, 1.165) is 19.0 Å². The Labute approximate surface area is 94.3 Å². The Morgan fingerprint density at radius 1 is 1.33 bits per heavy atom. The van der Waals surface area contributed by atoms with Crippen molar-refractivity contribution >= 4 is 0 Å². The van der Waals surface area contributed by atoms with E-state index in [-0.39, 0.29) is 6.04 Å². The molecule has 0 amide bonds. The van der Waals surface area contributed by atoms with Crippen molar-refractivity contribution in [2.45, 2.75) is 52.5 Å². The third-order valence-corrected chi connectivity index (χ3v) is 3.76. The molecule has 1 fully saturated rings. The number of nitriles is 1. The van der Waals surface area contributed by atoms with E-state index in [1.165, 1.54) is 25.7 Å². The average Bonchev–Trinajstić information content (AvgIpc) is 2.25. The first-order valence-corrected chi connectivity index (χ1v) is 6.36. The van der Waals surface area contributed by atoms with Crippen LogP contribution in [0.4, 0.5) is 0 Å². The van der Waals surface area contributed by atoms with Crippen molar-refractivity contribution in [2.75, 3.05) is 13.1 Å². The molecular weight excluding hydrogens is 184 g/mol. The molecule has 1 saturated carbocycles. The summed E-state index contributed by atoms with van der Waals surface area (Å²) >= 11 is 0. The van der Waals surface area contributed by atoms with Gasteiger partial charge in [0.05, 0.1) is 6.07 Å². The van der Waals surface area contributed by atoms with Gasteiger partial charge in [-0.05, 0) is 37.8 Å². The van der Waals surface area contributed by atoms with Crippen LogP contribution in [0.2, 0.25) is 0 Å². The minimum absolute atomic E-state index is 0.155. The molecule has 0 aromatic carbocycles. The lowest BCUT2D eigenvalue weighted by Crippen LogP contribution is -2.41. The van der Waals surface area contributed by atoms with Gasteiger partial charge in [-0.2, -0.15) is 5.26 Å². The van der Waals surface area contributed by atoms with Gasteiger partial charge in [-0.3, -0.25) is 4.90 Å². The van der Waals surface area contributed by atoms with E-state index in [4.69, 9.17) is 0 Å². The molecule has 0 saturated heterocycles. The molecule has 0 spiro atoms. The second kappa shape index (κ2) is 6.12. The van der Waals surface area contributed by atoms with Gasteiger partial charge in [0.2, 0.25) is 0 Å². The third kappa shape index (κ3) is 3.21. The minimum atomic E-state index is 0.155. The molecule has 15 heavy (non-hydrogen) atoms. The van der Waals surface area contributed by atoms with Gasteiger partial charge in [-0.15, -0.1) is 0 Å². The second-order valence-corrected chi connectivity index (χ2v) is 4.83. The summed E-state index contributed by atoms with van der Waals surface area (Å²) in [5.41, 5.74) is 0. The Morgan fingerprint density at radius 2 is 2.00 bits per heavy atom. The highest BCUT2D eigenvalue weighted by Gasteiger charge is 2.29. The summed E-state index contributed by atoms with van der Waals surface area (Å²) in [6, 6.07) is 2.68. The van der Waals surface area contributed by atoms with Crippen molar-refractivity contribution in [1.29, 1.82) is 5.26 Å². The monoisotopic (exact) mass is 208 g/mol. The lowest BCUT2D eigenvalue weighted by molar-refractivity contribution is 0.148. The third-order valence-electron chi connectivity index (χ3n) is 3.76. The molecule has 0 heterocycles. The summed E-state index contributed by atoms with van der Waals surface area (Å²) in [7, 11) is 0. The fourth-order valence-electron chi connectivity index (χ4n) is 2.87. The Balaban J connectivity index is 2.61. The Kier molecular flexibility index (Phi) is 5.11. The number of rotatable bonds is 4. The van der Waals surface area contributed by atoms with Gasteiger partial charge in [-0.1, -0.05) is 33.6 Å². The lowest BCUT2D eigenvalue weighted by Gasteiger charge is -2.35. The van der Waals surface area contributed by atoms with Gasteiger partial charge >= 0.3 is 0 Å². The van der Waals surface area contributed by atoms with Crippen molar-refractivity contribution in [3.05, 3.63) is 0 Å². The largest absolute Gasteiger partial charge is 0.288 e. The van der Waals surface area contributed by atoms with E-state index >= 15 is 0 Å². The van der Waals surface area contributed by atoms with Crippen molar-refractivity contribution < 1.29 is 0 Å². The molecule has 1 aliphatic carbocycles. The molecule has 0 radical (unpaired) electrons. The fraction of sp³-hybridized carbons (Fsp3) is 0.923. The van der Waals surface area contributed by atoms with E-state index in [0.29, 0.717) is 5.92 Å². The summed E-state index contributed by atoms with van der Waals surface area (Å²) in [5.74, 6) is 1.42. The summed E-state index contributed by atoms with van der Waals surface area (Å²) < 4.78 is 0. The molecule has 0 aliphatic heterocycles. The predicted octanol–water partition coefficient (Wildman–Crippen LogP) is 3.05. The van der Waals surface area contributed by atoms with Crippen LogP contribution in [0.5, 0.6) is 0 Å². The van der Waals surface area contributed by atoms with Gasteiger partial charge < -0.3 is 0 Å². The molecule has 2 heteroatoms. The SMILES string of the molecule is CCN(CC)C(C#N)C1CCCC(C)C1. The molecule has 0 aromatic heterocycles. The van der Waals surface area contributed by atoms with Crippen LogP contribution in [-0.4, -0.2) is 24.0 Å².